The van der Waals surface area contributed by atoms with Gasteiger partial charge in [0.1, 0.15) is 12.1 Å². The van der Waals surface area contributed by atoms with Crippen LogP contribution >= 0.6 is 0 Å². The van der Waals surface area contributed by atoms with Crippen LogP contribution < -0.4 is 5.56 Å². The van der Waals surface area contributed by atoms with Crippen LogP contribution in [0.25, 0.3) is 0 Å². The number of hydrogen-bond donors (Lipinski definition) is 1. The van der Waals surface area contributed by atoms with Crippen molar-refractivity contribution in [2.45, 2.75) is 20.4 Å². The first-order valence-corrected chi connectivity index (χ1v) is 5.71. The molecule has 1 aromatic heterocycles. The smallest absolute Gasteiger partial charge is 0.341 e. The second-order valence-corrected chi connectivity index (χ2v) is 3.73. The third-order valence-electron chi connectivity index (χ3n) is 2.67. The van der Waals surface area contributed by atoms with Gasteiger partial charge < -0.3 is 14.6 Å². The van der Waals surface area contributed by atoms with Gasteiger partial charge in [-0.2, -0.15) is 0 Å². The molecule has 0 aliphatic rings. The molecule has 1 rings (SSSR count). The van der Waals surface area contributed by atoms with Crippen LogP contribution in [0.2, 0.25) is 0 Å². The van der Waals surface area contributed by atoms with Crippen molar-refractivity contribution in [1.82, 2.24) is 9.47 Å². The molecule has 0 saturated carbocycles. The Balaban J connectivity index is 2.99. The molecule has 1 amide bonds. The maximum atomic E-state index is 11.8. The minimum absolute atomic E-state index is 0.137. The maximum Gasteiger partial charge on any atom is 0.341 e. The average molecular weight is 252 g/mol. The van der Waals surface area contributed by atoms with Gasteiger partial charge in [-0.3, -0.25) is 9.59 Å². The highest BCUT2D eigenvalue weighted by molar-refractivity contribution is 5.87. The minimum atomic E-state index is -1.29. The molecule has 0 fully saturated rings. The largest absolute Gasteiger partial charge is 0.477 e. The predicted octanol–water partition coefficient (Wildman–Crippen LogP) is 0.415. The Kier molecular flexibility index (Phi) is 4.65. The topological polar surface area (TPSA) is 79.6 Å². The molecule has 0 aliphatic carbocycles. The number of aromatic carboxylic acids is 1. The predicted molar refractivity (Wildman–Crippen MR) is 65.6 cm³/mol. The zero-order chi connectivity index (χ0) is 13.7. The number of carboxylic acids is 1. The second kappa shape index (κ2) is 6.00. The summed E-state index contributed by atoms with van der Waals surface area (Å²) < 4.78 is 1.12. The van der Waals surface area contributed by atoms with E-state index in [2.05, 4.69) is 0 Å². The van der Waals surface area contributed by atoms with E-state index in [4.69, 9.17) is 5.11 Å². The number of likely N-dealkylation sites (N-methyl/N-ethyl adjacent to an activating group) is 1. The fraction of sp³-hybridized carbons (Fsp3) is 0.417. The van der Waals surface area contributed by atoms with Crippen molar-refractivity contribution in [3.05, 3.63) is 34.2 Å². The molecule has 0 spiro atoms. The summed E-state index contributed by atoms with van der Waals surface area (Å²) in [4.78, 5) is 36.0. The summed E-state index contributed by atoms with van der Waals surface area (Å²) in [5, 5.41) is 8.82. The maximum absolute atomic E-state index is 11.8. The summed E-state index contributed by atoms with van der Waals surface area (Å²) in [5.41, 5.74) is -0.990. The molecular formula is C12H16N2O4. The molecule has 1 heterocycles. The van der Waals surface area contributed by atoms with E-state index in [-0.39, 0.29) is 18.0 Å². The highest BCUT2D eigenvalue weighted by Gasteiger charge is 2.14. The van der Waals surface area contributed by atoms with Crippen LogP contribution in [0.4, 0.5) is 0 Å². The van der Waals surface area contributed by atoms with E-state index in [0.717, 1.165) is 4.57 Å². The van der Waals surface area contributed by atoms with Crippen LogP contribution in [-0.4, -0.2) is 39.5 Å². The molecule has 1 aromatic rings. The Morgan fingerprint density at radius 2 is 1.94 bits per heavy atom. The lowest BCUT2D eigenvalue weighted by Gasteiger charge is -2.19. The zero-order valence-electron chi connectivity index (χ0n) is 10.4. The molecule has 0 radical (unpaired) electrons. The van der Waals surface area contributed by atoms with Crippen molar-refractivity contribution >= 4 is 11.9 Å². The van der Waals surface area contributed by atoms with Crippen molar-refractivity contribution in [2.24, 2.45) is 0 Å². The van der Waals surface area contributed by atoms with Crippen molar-refractivity contribution in [2.75, 3.05) is 13.1 Å². The number of hydrogen-bond acceptors (Lipinski definition) is 3. The Morgan fingerprint density at radius 3 is 2.44 bits per heavy atom. The number of amides is 1. The molecule has 6 nitrogen and oxygen atoms in total. The number of carboxylic acid groups (broad SMARTS) is 1. The number of carbonyl (C=O) groups is 2. The van der Waals surface area contributed by atoms with Gasteiger partial charge in [-0.15, -0.1) is 0 Å². The van der Waals surface area contributed by atoms with Crippen LogP contribution in [0.1, 0.15) is 24.2 Å². The summed E-state index contributed by atoms with van der Waals surface area (Å²) in [5.74, 6) is -1.49. The molecule has 0 aromatic carbocycles. The van der Waals surface area contributed by atoms with Gasteiger partial charge in [0, 0.05) is 19.3 Å². The standard InChI is InChI=1S/C12H16N2O4/c1-3-13(4-2)10(15)8-14-7-5-6-9(11(14)16)12(17)18/h5-7H,3-4,8H2,1-2H3,(H,17,18). The first kappa shape index (κ1) is 14.0. The zero-order valence-corrected chi connectivity index (χ0v) is 10.4. The molecule has 6 heteroatoms. The lowest BCUT2D eigenvalue weighted by Crippen LogP contribution is -2.37. The fourth-order valence-corrected chi connectivity index (χ4v) is 1.65. The van der Waals surface area contributed by atoms with E-state index in [1.165, 1.54) is 18.3 Å². The summed E-state index contributed by atoms with van der Waals surface area (Å²) in [6.45, 7) is 4.67. The number of nitrogens with zero attached hydrogens (tertiary/aromatic N) is 2. The second-order valence-electron chi connectivity index (χ2n) is 3.73. The molecule has 1 N–H and O–H groups in total. The van der Waals surface area contributed by atoms with Gasteiger partial charge in [0.25, 0.3) is 5.56 Å². The molecule has 0 unspecified atom stereocenters. The van der Waals surface area contributed by atoms with Gasteiger partial charge in [-0.1, -0.05) is 0 Å². The molecule has 0 saturated heterocycles. The summed E-state index contributed by atoms with van der Waals surface area (Å²) in [6, 6.07) is 2.67. The van der Waals surface area contributed by atoms with E-state index in [9.17, 15) is 14.4 Å². The quantitative estimate of drug-likeness (QED) is 0.823. The van der Waals surface area contributed by atoms with E-state index >= 15 is 0 Å². The lowest BCUT2D eigenvalue weighted by molar-refractivity contribution is -0.131. The van der Waals surface area contributed by atoms with Crippen molar-refractivity contribution in [1.29, 1.82) is 0 Å². The number of carbonyl (C=O) groups excluding carboxylic acids is 1. The van der Waals surface area contributed by atoms with Gasteiger partial charge in [0.2, 0.25) is 5.91 Å². The van der Waals surface area contributed by atoms with Crippen LogP contribution in [0, 0.1) is 0 Å². The highest BCUT2D eigenvalue weighted by atomic mass is 16.4. The first-order valence-electron chi connectivity index (χ1n) is 5.71. The summed E-state index contributed by atoms with van der Waals surface area (Å²) >= 11 is 0. The monoisotopic (exact) mass is 252 g/mol. The SMILES string of the molecule is CCN(CC)C(=O)Cn1cccc(C(=O)O)c1=O. The number of pyridine rings is 1. The Labute approximate surface area is 104 Å². The molecule has 0 atom stereocenters. The average Bonchev–Trinajstić information content (AvgIpc) is 2.33. The molecule has 0 aliphatic heterocycles. The highest BCUT2D eigenvalue weighted by Crippen LogP contribution is 1.95. The lowest BCUT2D eigenvalue weighted by atomic mass is 10.3. The van der Waals surface area contributed by atoms with Crippen LogP contribution in [0.15, 0.2) is 23.1 Å². The fourth-order valence-electron chi connectivity index (χ4n) is 1.65. The van der Waals surface area contributed by atoms with E-state index in [1.807, 2.05) is 13.8 Å². The Bertz CT molecular complexity index is 503. The summed E-state index contributed by atoms with van der Waals surface area (Å²) in [7, 11) is 0. The third kappa shape index (κ3) is 2.97. The van der Waals surface area contributed by atoms with Crippen LogP contribution in [0.3, 0.4) is 0 Å². The third-order valence-corrected chi connectivity index (χ3v) is 2.67. The van der Waals surface area contributed by atoms with Gasteiger partial charge in [-0.05, 0) is 26.0 Å². The number of rotatable bonds is 5. The van der Waals surface area contributed by atoms with Gasteiger partial charge in [0.05, 0.1) is 0 Å². The Morgan fingerprint density at radius 1 is 1.33 bits per heavy atom. The van der Waals surface area contributed by atoms with Gasteiger partial charge in [-0.25, -0.2) is 4.79 Å². The molecule has 18 heavy (non-hydrogen) atoms. The molecule has 98 valence electrons. The van der Waals surface area contributed by atoms with E-state index in [0.29, 0.717) is 13.1 Å². The van der Waals surface area contributed by atoms with Gasteiger partial charge in [0.15, 0.2) is 0 Å². The van der Waals surface area contributed by atoms with E-state index < -0.39 is 11.5 Å². The van der Waals surface area contributed by atoms with Gasteiger partial charge >= 0.3 is 5.97 Å². The van der Waals surface area contributed by atoms with E-state index in [1.54, 1.807) is 4.90 Å². The van der Waals surface area contributed by atoms with Crippen LogP contribution in [0.5, 0.6) is 0 Å². The van der Waals surface area contributed by atoms with Crippen molar-refractivity contribution in [3.63, 3.8) is 0 Å². The summed E-state index contributed by atoms with van der Waals surface area (Å²) in [6.07, 6.45) is 1.41. The molecular weight excluding hydrogens is 236 g/mol. The normalized spacial score (nSPS) is 10.1. The Hall–Kier alpha value is -2.11. The molecule has 0 bridgehead atoms. The van der Waals surface area contributed by atoms with Crippen LogP contribution in [-0.2, 0) is 11.3 Å². The number of aromatic nitrogens is 1. The minimum Gasteiger partial charge on any atom is -0.477 e. The van der Waals surface area contributed by atoms with Crippen molar-refractivity contribution < 1.29 is 14.7 Å². The first-order chi connectivity index (χ1) is 8.51. The van der Waals surface area contributed by atoms with Crippen molar-refractivity contribution in [3.8, 4) is 0 Å².